The summed E-state index contributed by atoms with van der Waals surface area (Å²) < 4.78 is 0. The minimum atomic E-state index is -0.919. The number of aliphatic hydroxyl groups is 2. The van der Waals surface area contributed by atoms with E-state index in [1.165, 1.54) is 0 Å². The van der Waals surface area contributed by atoms with Crippen molar-refractivity contribution >= 4 is 5.97 Å². The molecule has 1 unspecified atom stereocenters. The molecular weight excluding hydrogens is 136 g/mol. The van der Waals surface area contributed by atoms with Crippen LogP contribution in [0.2, 0.25) is 0 Å². The monoisotopic (exact) mass is 148 g/mol. The molecule has 0 bridgehead atoms. The molecule has 0 heterocycles. The third kappa shape index (κ3) is 5.53. The molecule has 0 saturated carbocycles. The van der Waals surface area contributed by atoms with Crippen LogP contribution in [0.3, 0.4) is 0 Å². The summed E-state index contributed by atoms with van der Waals surface area (Å²) in [7, 11) is 0. The first-order valence-electron chi connectivity index (χ1n) is 3.17. The van der Waals surface area contributed by atoms with E-state index in [1.54, 1.807) is 0 Å². The highest BCUT2D eigenvalue weighted by Crippen LogP contribution is 2.00. The molecule has 0 radical (unpaired) electrons. The molecule has 0 fully saturated rings. The van der Waals surface area contributed by atoms with Gasteiger partial charge in [0.15, 0.2) is 0 Å². The Bertz CT molecular complexity index is 102. The molecule has 1 atom stereocenters. The van der Waals surface area contributed by atoms with E-state index in [1.807, 2.05) is 0 Å². The molecule has 0 saturated heterocycles. The minimum Gasteiger partial charge on any atom is -0.481 e. The summed E-state index contributed by atoms with van der Waals surface area (Å²) in [5.74, 6) is -0.919. The Balaban J connectivity index is 3.21. The number of aliphatic hydroxyl groups excluding tert-OH is 2. The molecule has 4 nitrogen and oxygen atoms in total. The summed E-state index contributed by atoms with van der Waals surface area (Å²) in [6, 6.07) is 0. The molecule has 0 amide bonds. The van der Waals surface area contributed by atoms with Gasteiger partial charge in [-0.3, -0.25) is 4.79 Å². The number of hydrogen-bond donors (Lipinski definition) is 3. The molecule has 3 N–H and O–H groups in total. The highest BCUT2D eigenvalue weighted by atomic mass is 16.4. The van der Waals surface area contributed by atoms with Crippen molar-refractivity contribution in [1.82, 2.24) is 0 Å². The lowest BCUT2D eigenvalue weighted by molar-refractivity contribution is -0.137. The third-order valence-electron chi connectivity index (χ3n) is 1.15. The summed E-state index contributed by atoms with van der Waals surface area (Å²) >= 11 is 0. The molecule has 0 aliphatic carbocycles. The van der Waals surface area contributed by atoms with Gasteiger partial charge in [-0.15, -0.1) is 0 Å². The zero-order chi connectivity index (χ0) is 7.98. The predicted octanol–water partition coefficient (Wildman–Crippen LogP) is -0.406. The SMILES string of the molecule is O=C(O)CCC(O)CCO. The molecule has 0 aromatic rings. The maximum atomic E-state index is 9.93. The van der Waals surface area contributed by atoms with Crippen molar-refractivity contribution in [1.29, 1.82) is 0 Å². The summed E-state index contributed by atoms with van der Waals surface area (Å²) in [5.41, 5.74) is 0. The second kappa shape index (κ2) is 5.20. The van der Waals surface area contributed by atoms with E-state index in [0.29, 0.717) is 0 Å². The molecular formula is C6H12O4. The van der Waals surface area contributed by atoms with E-state index in [2.05, 4.69) is 0 Å². The van der Waals surface area contributed by atoms with Crippen LogP contribution in [-0.2, 0) is 4.79 Å². The largest absolute Gasteiger partial charge is 0.481 e. The van der Waals surface area contributed by atoms with Crippen LogP contribution in [0, 0.1) is 0 Å². The van der Waals surface area contributed by atoms with Gasteiger partial charge in [0, 0.05) is 13.0 Å². The fourth-order valence-corrected chi connectivity index (χ4v) is 0.583. The average Bonchev–Trinajstić information content (AvgIpc) is 1.85. The Morgan fingerprint density at radius 3 is 2.40 bits per heavy atom. The number of hydrogen-bond acceptors (Lipinski definition) is 3. The number of rotatable bonds is 5. The van der Waals surface area contributed by atoms with Gasteiger partial charge in [0.05, 0.1) is 6.10 Å². The fourth-order valence-electron chi connectivity index (χ4n) is 0.583. The molecule has 0 aromatic heterocycles. The second-order valence-corrected chi connectivity index (χ2v) is 2.10. The van der Waals surface area contributed by atoms with E-state index in [9.17, 15) is 4.79 Å². The van der Waals surface area contributed by atoms with Crippen LogP contribution in [0.5, 0.6) is 0 Å². The van der Waals surface area contributed by atoms with E-state index in [-0.39, 0.29) is 25.9 Å². The Hall–Kier alpha value is -0.610. The van der Waals surface area contributed by atoms with Crippen LogP contribution < -0.4 is 0 Å². The maximum Gasteiger partial charge on any atom is 0.303 e. The first-order valence-corrected chi connectivity index (χ1v) is 3.17. The van der Waals surface area contributed by atoms with E-state index >= 15 is 0 Å². The van der Waals surface area contributed by atoms with Crippen molar-refractivity contribution in [2.45, 2.75) is 25.4 Å². The number of carboxylic acid groups (broad SMARTS) is 1. The molecule has 60 valence electrons. The maximum absolute atomic E-state index is 9.93. The fraction of sp³-hybridized carbons (Fsp3) is 0.833. The standard InChI is InChI=1S/C6H12O4/c7-4-3-5(8)1-2-6(9)10/h5,7-8H,1-4H2,(H,9,10). The van der Waals surface area contributed by atoms with Gasteiger partial charge in [0.2, 0.25) is 0 Å². The highest BCUT2D eigenvalue weighted by Gasteiger charge is 2.05. The molecule has 0 aromatic carbocycles. The number of aliphatic carboxylic acids is 1. The van der Waals surface area contributed by atoms with Gasteiger partial charge in [-0.1, -0.05) is 0 Å². The van der Waals surface area contributed by atoms with Crippen molar-refractivity contribution in [3.05, 3.63) is 0 Å². The van der Waals surface area contributed by atoms with Gasteiger partial charge >= 0.3 is 5.97 Å². The number of carboxylic acids is 1. The van der Waals surface area contributed by atoms with Crippen molar-refractivity contribution in [3.63, 3.8) is 0 Å². The Morgan fingerprint density at radius 2 is 2.00 bits per heavy atom. The molecule has 0 spiro atoms. The topological polar surface area (TPSA) is 77.8 Å². The van der Waals surface area contributed by atoms with Gasteiger partial charge in [-0.05, 0) is 12.8 Å². The van der Waals surface area contributed by atoms with Crippen molar-refractivity contribution in [3.8, 4) is 0 Å². The quantitative estimate of drug-likeness (QED) is 0.495. The van der Waals surface area contributed by atoms with Crippen LogP contribution >= 0.6 is 0 Å². The summed E-state index contributed by atoms with van der Waals surface area (Å²) in [5, 5.41) is 25.3. The highest BCUT2D eigenvalue weighted by molar-refractivity contribution is 5.66. The first kappa shape index (κ1) is 9.39. The third-order valence-corrected chi connectivity index (χ3v) is 1.15. The molecule has 0 rings (SSSR count). The van der Waals surface area contributed by atoms with Crippen molar-refractivity contribution < 1.29 is 20.1 Å². The smallest absolute Gasteiger partial charge is 0.303 e. The lowest BCUT2D eigenvalue weighted by Crippen LogP contribution is -2.10. The van der Waals surface area contributed by atoms with Crippen LogP contribution in [0.1, 0.15) is 19.3 Å². The normalized spacial score (nSPS) is 13.0. The summed E-state index contributed by atoms with van der Waals surface area (Å²) in [6.07, 6.45) is -0.245. The Morgan fingerprint density at radius 1 is 1.40 bits per heavy atom. The lowest BCUT2D eigenvalue weighted by atomic mass is 10.1. The zero-order valence-corrected chi connectivity index (χ0v) is 5.66. The Kier molecular flexibility index (Phi) is 4.88. The van der Waals surface area contributed by atoms with Crippen LogP contribution in [0.25, 0.3) is 0 Å². The Labute approximate surface area is 59.1 Å². The van der Waals surface area contributed by atoms with E-state index < -0.39 is 12.1 Å². The van der Waals surface area contributed by atoms with Crippen LogP contribution in [-0.4, -0.2) is 34.0 Å². The predicted molar refractivity (Wildman–Crippen MR) is 34.6 cm³/mol. The summed E-state index contributed by atoms with van der Waals surface area (Å²) in [4.78, 5) is 9.93. The van der Waals surface area contributed by atoms with E-state index in [0.717, 1.165) is 0 Å². The van der Waals surface area contributed by atoms with E-state index in [4.69, 9.17) is 15.3 Å². The van der Waals surface area contributed by atoms with Gasteiger partial charge in [0.1, 0.15) is 0 Å². The zero-order valence-electron chi connectivity index (χ0n) is 5.66. The molecule has 0 aliphatic rings. The van der Waals surface area contributed by atoms with Gasteiger partial charge in [-0.2, -0.15) is 0 Å². The molecule has 4 heteroatoms. The van der Waals surface area contributed by atoms with Crippen LogP contribution in [0.15, 0.2) is 0 Å². The van der Waals surface area contributed by atoms with Gasteiger partial charge in [-0.25, -0.2) is 0 Å². The molecule has 10 heavy (non-hydrogen) atoms. The first-order chi connectivity index (χ1) is 4.66. The van der Waals surface area contributed by atoms with Gasteiger partial charge < -0.3 is 15.3 Å². The van der Waals surface area contributed by atoms with Crippen molar-refractivity contribution in [2.75, 3.05) is 6.61 Å². The van der Waals surface area contributed by atoms with Crippen molar-refractivity contribution in [2.24, 2.45) is 0 Å². The van der Waals surface area contributed by atoms with Crippen LogP contribution in [0.4, 0.5) is 0 Å². The van der Waals surface area contributed by atoms with Gasteiger partial charge in [0.25, 0.3) is 0 Å². The second-order valence-electron chi connectivity index (χ2n) is 2.10. The summed E-state index contributed by atoms with van der Waals surface area (Å²) in [6.45, 7) is -0.0964. The molecule has 0 aliphatic heterocycles. The number of carbonyl (C=O) groups is 1. The lowest BCUT2D eigenvalue weighted by Gasteiger charge is -2.04. The average molecular weight is 148 g/mol. The minimum absolute atomic E-state index is 0.0405.